The van der Waals surface area contributed by atoms with Crippen molar-refractivity contribution in [1.82, 2.24) is 0 Å². The van der Waals surface area contributed by atoms with Crippen LogP contribution in [-0.2, 0) is 34.5 Å². The van der Waals surface area contributed by atoms with E-state index >= 15 is 0 Å². The monoisotopic (exact) mass is 517 g/mol. The molecule has 20 heavy (non-hydrogen) atoms. The minimum atomic E-state index is -5.36. The maximum atomic E-state index is 9.48. The molecule has 1 saturated carbocycles. The van der Waals surface area contributed by atoms with Crippen LogP contribution in [0.5, 0.6) is 0 Å². The number of hydrogen-bond donors (Lipinski definition) is 2. The van der Waals surface area contributed by atoms with Crippen LogP contribution >= 0.6 is 15.6 Å². The summed E-state index contributed by atoms with van der Waals surface area (Å²) in [6.45, 7) is 0. The summed E-state index contributed by atoms with van der Waals surface area (Å²) in [5.74, 6) is 0. The van der Waals surface area contributed by atoms with Crippen LogP contribution in [0.4, 0.5) is 0 Å². The smallest absolute Gasteiger partial charge is 0.870 e. The van der Waals surface area contributed by atoms with Crippen molar-refractivity contribution in [2.24, 2.45) is 0 Å². The molecule has 11 nitrogen and oxygen atoms in total. The van der Waals surface area contributed by atoms with Gasteiger partial charge in [0.2, 0.25) is 0 Å². The van der Waals surface area contributed by atoms with Gasteiger partial charge in [0.25, 0.3) is 15.6 Å². The molecule has 1 aliphatic rings. The van der Waals surface area contributed by atoms with Gasteiger partial charge in [-0.2, -0.15) is 12.1 Å². The molecule has 0 bridgehead atoms. The van der Waals surface area contributed by atoms with Gasteiger partial charge in [0.1, 0.15) is 0 Å². The van der Waals surface area contributed by atoms with Crippen molar-refractivity contribution in [2.75, 3.05) is 0 Å². The van der Waals surface area contributed by atoms with Gasteiger partial charge in [0.15, 0.2) is 0 Å². The van der Waals surface area contributed by atoms with Gasteiger partial charge in [-0.1, -0.05) is 25.7 Å². The topological polar surface area (TPSA) is 238 Å². The van der Waals surface area contributed by atoms with Crippen LogP contribution in [0.1, 0.15) is 25.7 Å². The van der Waals surface area contributed by atoms with Gasteiger partial charge in [0.05, 0.1) is 0 Å². The zero-order chi connectivity index (χ0) is 13.7. The largest absolute Gasteiger partial charge is 4.00 e. The van der Waals surface area contributed by atoms with Crippen LogP contribution in [0, 0.1) is 0 Å². The second-order valence-electron chi connectivity index (χ2n) is 3.52. The van der Waals surface area contributed by atoms with Crippen molar-refractivity contribution in [2.45, 2.75) is 37.8 Å². The standard InChI is InChI=1S/C6H12N2.H4O7P2.2H2O.Pt/c7-5-3-1-2-4-6(5)8;1-8(2,3)7-9(4,5)6;;;/h5-8H,1-4H2;(H2,1,2,3)(H2,4,5,6);2*1H2;/q-2;;;;+4/p-4/t5-,6-;;;;/m0..../s1. The Balaban J connectivity index is -0.000000112. The summed E-state index contributed by atoms with van der Waals surface area (Å²) in [7, 11) is -10.7. The van der Waals surface area contributed by atoms with E-state index in [9.17, 15) is 18.9 Å². The van der Waals surface area contributed by atoms with E-state index in [1.807, 2.05) is 0 Å². The minimum Gasteiger partial charge on any atom is -0.870 e. The molecule has 0 aromatic rings. The van der Waals surface area contributed by atoms with Crippen LogP contribution in [0.2, 0.25) is 0 Å². The van der Waals surface area contributed by atoms with Gasteiger partial charge in [0, 0.05) is 0 Å². The Morgan fingerprint density at radius 3 is 1.30 bits per heavy atom. The number of nitrogens with one attached hydrogen (secondary N) is 2. The van der Waals surface area contributed by atoms with Crippen molar-refractivity contribution in [3.8, 4) is 0 Å². The number of rotatable bonds is 2. The number of hydrogen-bond acceptors (Lipinski definition) is 7. The van der Waals surface area contributed by atoms with Gasteiger partial charge in [-0.25, -0.2) is 4.31 Å². The number of phosphoric acid groups is 2. The van der Waals surface area contributed by atoms with Crippen molar-refractivity contribution in [3.63, 3.8) is 0 Å². The first-order valence-electron chi connectivity index (χ1n) is 4.72. The van der Waals surface area contributed by atoms with Crippen LogP contribution in [0.25, 0.3) is 11.5 Å². The summed E-state index contributed by atoms with van der Waals surface area (Å²) in [6, 6.07) is -0.160. The fraction of sp³-hybridized carbons (Fsp3) is 1.00. The molecule has 14 heteroatoms. The molecule has 0 aromatic heterocycles. The Morgan fingerprint density at radius 1 is 0.950 bits per heavy atom. The van der Waals surface area contributed by atoms with E-state index in [0.29, 0.717) is 0 Å². The first-order valence-corrected chi connectivity index (χ1v) is 7.71. The van der Waals surface area contributed by atoms with E-state index in [4.69, 9.17) is 21.3 Å². The molecule has 4 atom stereocenters. The molecule has 0 spiro atoms. The summed E-state index contributed by atoms with van der Waals surface area (Å²) < 4.78 is 21.7. The molecule has 0 aromatic carbocycles. The van der Waals surface area contributed by atoms with Crippen LogP contribution in [-0.4, -0.2) is 32.8 Å². The average Bonchev–Trinajstić information content (AvgIpc) is 2.04. The SMILES string of the molecule is O=P([O-])(O)OP(=O)([O-])O.[NH-][C@H]1CCCC[C@@H]1[NH-].[OH-].[OH-].[Pt+4]. The van der Waals surface area contributed by atoms with Gasteiger partial charge in [-0.05, 0) is 0 Å². The molecule has 0 aliphatic heterocycles. The van der Waals surface area contributed by atoms with E-state index < -0.39 is 15.6 Å². The maximum Gasteiger partial charge on any atom is 4.00 e. The fourth-order valence-corrected chi connectivity index (χ4v) is 2.30. The quantitative estimate of drug-likeness (QED) is 0.467. The molecule has 2 unspecified atom stereocenters. The summed E-state index contributed by atoms with van der Waals surface area (Å²) in [5, 5.41) is 0. The molecule has 1 fully saturated rings. The molecule has 1 rings (SSSR count). The summed E-state index contributed by atoms with van der Waals surface area (Å²) in [5.41, 5.74) is 14.6. The van der Waals surface area contributed by atoms with E-state index in [0.717, 1.165) is 12.8 Å². The van der Waals surface area contributed by atoms with E-state index in [-0.39, 0.29) is 44.1 Å². The molecular weight excluding hydrogens is 501 g/mol. The Labute approximate surface area is 130 Å². The third kappa shape index (κ3) is 18.8. The molecule has 0 saturated heterocycles. The van der Waals surface area contributed by atoms with E-state index in [1.54, 1.807) is 0 Å². The summed E-state index contributed by atoms with van der Waals surface area (Å²) in [4.78, 5) is 34.1. The van der Waals surface area contributed by atoms with Gasteiger partial charge >= 0.3 is 21.1 Å². The van der Waals surface area contributed by atoms with Gasteiger partial charge in [-0.15, -0.1) is 0 Å². The van der Waals surface area contributed by atoms with Crippen molar-refractivity contribution < 1.29 is 65.0 Å². The maximum absolute atomic E-state index is 9.48. The Kier molecular flexibility index (Phi) is 17.8. The molecule has 0 radical (unpaired) electrons. The second-order valence-corrected chi connectivity index (χ2v) is 6.04. The van der Waals surface area contributed by atoms with Crippen LogP contribution < -0.4 is 9.79 Å². The zero-order valence-corrected chi connectivity index (χ0v) is 14.1. The predicted octanol–water partition coefficient (Wildman–Crippen LogP) is -0.0297. The van der Waals surface area contributed by atoms with Crippen LogP contribution in [0.3, 0.4) is 0 Å². The molecule has 0 heterocycles. The fourth-order valence-electron chi connectivity index (χ4n) is 1.26. The normalized spacial score (nSPS) is 26.9. The van der Waals surface area contributed by atoms with Crippen molar-refractivity contribution in [1.29, 1.82) is 0 Å². The van der Waals surface area contributed by atoms with Crippen molar-refractivity contribution >= 4 is 15.6 Å². The third-order valence-corrected chi connectivity index (χ3v) is 3.62. The van der Waals surface area contributed by atoms with E-state index in [2.05, 4.69) is 4.31 Å². The Morgan fingerprint density at radius 2 is 1.20 bits per heavy atom. The second kappa shape index (κ2) is 12.3. The molecule has 6 N–H and O–H groups in total. The molecule has 0 amide bonds. The summed E-state index contributed by atoms with van der Waals surface area (Å²) >= 11 is 0. The predicted molar refractivity (Wildman–Crippen MR) is 59.3 cm³/mol. The first-order chi connectivity index (χ1) is 7.51. The first kappa shape index (κ1) is 28.9. The zero-order valence-electron chi connectivity index (χ0n) is 10.0. The Hall–Kier alpha value is 0.788. The van der Waals surface area contributed by atoms with Gasteiger partial charge < -0.3 is 42.0 Å². The summed E-state index contributed by atoms with van der Waals surface area (Å²) in [6.07, 6.45) is 4.25. The molecule has 1 aliphatic carbocycles. The van der Waals surface area contributed by atoms with Crippen LogP contribution in [0.15, 0.2) is 0 Å². The van der Waals surface area contributed by atoms with Gasteiger partial charge in [-0.3, -0.25) is 9.13 Å². The van der Waals surface area contributed by atoms with E-state index in [1.165, 1.54) is 12.8 Å². The third-order valence-electron chi connectivity index (χ3n) is 1.97. The average molecular weight is 517 g/mol. The minimum absolute atomic E-state index is 0. The molecule has 126 valence electrons. The molecular formula is C6H16N2O9P2Pt-2. The Bertz CT molecular complexity index is 292. The van der Waals surface area contributed by atoms with Crippen molar-refractivity contribution in [3.05, 3.63) is 11.5 Å².